The van der Waals surface area contributed by atoms with Gasteiger partial charge in [0.25, 0.3) is 0 Å². The van der Waals surface area contributed by atoms with Crippen LogP contribution >= 0.6 is 27.7 Å². The number of aromatic nitrogens is 3. The molecule has 0 aliphatic heterocycles. The van der Waals surface area contributed by atoms with Gasteiger partial charge in [-0.3, -0.25) is 14.7 Å². The largest absolute Gasteiger partial charge is 0.341 e. The number of thioether (sulfide) groups is 1. The highest BCUT2D eigenvalue weighted by molar-refractivity contribution is 9.10. The van der Waals surface area contributed by atoms with Crippen LogP contribution in [-0.4, -0.2) is 39.5 Å². The van der Waals surface area contributed by atoms with E-state index in [2.05, 4.69) is 36.8 Å². The monoisotopic (exact) mass is 459 g/mol. The van der Waals surface area contributed by atoms with Crippen molar-refractivity contribution in [2.75, 3.05) is 12.8 Å². The Kier molecular flexibility index (Phi) is 6.83. The van der Waals surface area contributed by atoms with E-state index in [4.69, 9.17) is 0 Å². The van der Waals surface area contributed by atoms with Crippen LogP contribution in [0.5, 0.6) is 0 Å². The van der Waals surface area contributed by atoms with Gasteiger partial charge in [-0.25, -0.2) is 4.79 Å². The van der Waals surface area contributed by atoms with Crippen molar-refractivity contribution in [3.05, 3.63) is 64.6 Å². The first-order valence-corrected chi connectivity index (χ1v) is 10.2. The average molecular weight is 460 g/mol. The summed E-state index contributed by atoms with van der Waals surface area (Å²) in [7, 11) is 1.45. The number of carbonyl (C=O) groups excluding carboxylic acids is 2. The first kappa shape index (κ1) is 20.1. The standard InChI is InChI=1S/C19H18BrN5O2S/c1-21-18(27)22-16(26)12-28-19-24-23-17(14-9-5-6-10-15(14)20)25(19)11-13-7-3-2-4-8-13/h2-10H,11-12H2,1H3,(H2,21,22,26,27). The minimum absolute atomic E-state index is 0.0519. The Bertz CT molecular complexity index is 977. The van der Waals surface area contributed by atoms with Gasteiger partial charge in [-0.1, -0.05) is 76.2 Å². The molecule has 0 unspecified atom stereocenters. The normalized spacial score (nSPS) is 10.5. The van der Waals surface area contributed by atoms with E-state index in [1.54, 1.807) is 0 Å². The second-order valence-corrected chi connectivity index (χ2v) is 7.57. The smallest absolute Gasteiger partial charge is 0.321 e. The number of imide groups is 1. The molecule has 28 heavy (non-hydrogen) atoms. The molecule has 1 aromatic heterocycles. The minimum Gasteiger partial charge on any atom is -0.341 e. The summed E-state index contributed by atoms with van der Waals surface area (Å²) in [5.41, 5.74) is 2.00. The maximum Gasteiger partial charge on any atom is 0.321 e. The van der Waals surface area contributed by atoms with Crippen LogP contribution in [-0.2, 0) is 11.3 Å². The topological polar surface area (TPSA) is 88.9 Å². The van der Waals surface area contributed by atoms with Gasteiger partial charge >= 0.3 is 6.03 Å². The van der Waals surface area contributed by atoms with E-state index in [1.807, 2.05) is 59.2 Å². The molecule has 2 aromatic carbocycles. The molecule has 1 heterocycles. The number of amides is 3. The van der Waals surface area contributed by atoms with Crippen LogP contribution < -0.4 is 10.6 Å². The highest BCUT2D eigenvalue weighted by Gasteiger charge is 2.18. The van der Waals surface area contributed by atoms with Crippen LogP contribution in [0.1, 0.15) is 5.56 Å². The number of halogens is 1. The van der Waals surface area contributed by atoms with E-state index >= 15 is 0 Å². The Balaban J connectivity index is 1.88. The fourth-order valence-corrected chi connectivity index (χ4v) is 3.70. The molecule has 0 radical (unpaired) electrons. The van der Waals surface area contributed by atoms with Crippen LogP contribution in [0, 0.1) is 0 Å². The Morgan fingerprint density at radius 1 is 1.07 bits per heavy atom. The molecule has 0 saturated carbocycles. The Morgan fingerprint density at radius 2 is 1.79 bits per heavy atom. The second-order valence-electron chi connectivity index (χ2n) is 5.77. The molecule has 0 aliphatic rings. The number of urea groups is 1. The lowest BCUT2D eigenvalue weighted by atomic mass is 10.2. The fourth-order valence-electron chi connectivity index (χ4n) is 2.50. The van der Waals surface area contributed by atoms with Gasteiger partial charge in [0.1, 0.15) is 0 Å². The molecular weight excluding hydrogens is 442 g/mol. The quantitative estimate of drug-likeness (QED) is 0.551. The predicted octanol–water partition coefficient (Wildman–Crippen LogP) is 3.30. The molecule has 3 rings (SSSR count). The van der Waals surface area contributed by atoms with Crippen LogP contribution in [0.2, 0.25) is 0 Å². The summed E-state index contributed by atoms with van der Waals surface area (Å²) < 4.78 is 2.87. The molecule has 0 atom stereocenters. The van der Waals surface area contributed by atoms with Crippen molar-refractivity contribution in [3.8, 4) is 11.4 Å². The zero-order chi connectivity index (χ0) is 19.9. The molecule has 7 nitrogen and oxygen atoms in total. The van der Waals surface area contributed by atoms with E-state index in [9.17, 15) is 9.59 Å². The number of rotatable bonds is 6. The van der Waals surface area contributed by atoms with Gasteiger partial charge < -0.3 is 5.32 Å². The molecular formula is C19H18BrN5O2S. The van der Waals surface area contributed by atoms with E-state index in [1.165, 1.54) is 18.8 Å². The van der Waals surface area contributed by atoms with Gasteiger partial charge in [0, 0.05) is 17.1 Å². The number of carbonyl (C=O) groups is 2. The minimum atomic E-state index is -0.537. The van der Waals surface area contributed by atoms with Gasteiger partial charge in [0.15, 0.2) is 11.0 Å². The maximum absolute atomic E-state index is 11.9. The molecule has 0 saturated heterocycles. The Hall–Kier alpha value is -2.65. The lowest BCUT2D eigenvalue weighted by Crippen LogP contribution is -2.38. The highest BCUT2D eigenvalue weighted by atomic mass is 79.9. The van der Waals surface area contributed by atoms with Crippen LogP contribution in [0.15, 0.2) is 64.2 Å². The number of nitrogens with one attached hydrogen (secondary N) is 2. The van der Waals surface area contributed by atoms with Crippen molar-refractivity contribution in [1.82, 2.24) is 25.4 Å². The fraction of sp³-hybridized carbons (Fsp3) is 0.158. The molecule has 144 valence electrons. The molecule has 0 spiro atoms. The van der Waals surface area contributed by atoms with Crippen LogP contribution in [0.3, 0.4) is 0 Å². The number of hydrogen-bond acceptors (Lipinski definition) is 5. The summed E-state index contributed by atoms with van der Waals surface area (Å²) in [6, 6.07) is 17.2. The molecule has 9 heteroatoms. The van der Waals surface area contributed by atoms with E-state index in [0.717, 1.165) is 15.6 Å². The SMILES string of the molecule is CNC(=O)NC(=O)CSc1nnc(-c2ccccc2Br)n1Cc1ccccc1. The lowest BCUT2D eigenvalue weighted by molar-refractivity contribution is -0.117. The first-order chi connectivity index (χ1) is 13.6. The summed E-state index contributed by atoms with van der Waals surface area (Å²) in [4.78, 5) is 23.2. The molecule has 0 bridgehead atoms. The zero-order valence-corrected chi connectivity index (χ0v) is 17.5. The molecule has 3 amide bonds. The summed E-state index contributed by atoms with van der Waals surface area (Å²) in [6.45, 7) is 0.559. The van der Waals surface area contributed by atoms with Crippen LogP contribution in [0.25, 0.3) is 11.4 Å². The highest BCUT2D eigenvalue weighted by Crippen LogP contribution is 2.30. The summed E-state index contributed by atoms with van der Waals surface area (Å²) in [5.74, 6) is 0.350. The Labute approximate surface area is 175 Å². The van der Waals surface area contributed by atoms with Gasteiger partial charge in [0.05, 0.1) is 12.3 Å². The van der Waals surface area contributed by atoms with Gasteiger partial charge in [-0.05, 0) is 11.6 Å². The maximum atomic E-state index is 11.9. The van der Waals surface area contributed by atoms with Crippen molar-refractivity contribution in [2.24, 2.45) is 0 Å². The molecule has 2 N–H and O–H groups in total. The third-order valence-corrected chi connectivity index (χ3v) is 5.49. The first-order valence-electron chi connectivity index (χ1n) is 8.45. The van der Waals surface area contributed by atoms with Crippen molar-refractivity contribution in [1.29, 1.82) is 0 Å². The van der Waals surface area contributed by atoms with Gasteiger partial charge in [-0.15, -0.1) is 10.2 Å². The summed E-state index contributed by atoms with van der Waals surface area (Å²) in [5, 5.41) is 13.8. The summed E-state index contributed by atoms with van der Waals surface area (Å²) >= 11 is 4.79. The lowest BCUT2D eigenvalue weighted by Gasteiger charge is -2.11. The zero-order valence-electron chi connectivity index (χ0n) is 15.1. The summed E-state index contributed by atoms with van der Waals surface area (Å²) in [6.07, 6.45) is 0. The van der Waals surface area contributed by atoms with E-state index in [0.29, 0.717) is 17.5 Å². The van der Waals surface area contributed by atoms with Crippen molar-refractivity contribution in [2.45, 2.75) is 11.7 Å². The van der Waals surface area contributed by atoms with E-state index in [-0.39, 0.29) is 5.75 Å². The average Bonchev–Trinajstić information content (AvgIpc) is 3.09. The number of nitrogens with zero attached hydrogens (tertiary/aromatic N) is 3. The predicted molar refractivity (Wildman–Crippen MR) is 112 cm³/mol. The third kappa shape index (κ3) is 4.99. The third-order valence-electron chi connectivity index (χ3n) is 3.83. The second kappa shape index (κ2) is 9.52. The molecule has 0 aliphatic carbocycles. The van der Waals surface area contributed by atoms with E-state index < -0.39 is 11.9 Å². The number of benzene rings is 2. The van der Waals surface area contributed by atoms with Crippen LogP contribution in [0.4, 0.5) is 4.79 Å². The number of hydrogen-bond donors (Lipinski definition) is 2. The Morgan fingerprint density at radius 3 is 2.50 bits per heavy atom. The van der Waals surface area contributed by atoms with Crippen molar-refractivity contribution < 1.29 is 9.59 Å². The molecule has 0 fully saturated rings. The van der Waals surface area contributed by atoms with Crippen molar-refractivity contribution >= 4 is 39.6 Å². The molecule has 3 aromatic rings. The van der Waals surface area contributed by atoms with Crippen molar-refractivity contribution in [3.63, 3.8) is 0 Å². The van der Waals surface area contributed by atoms with Gasteiger partial charge in [-0.2, -0.15) is 0 Å². The van der Waals surface area contributed by atoms with Gasteiger partial charge in [0.2, 0.25) is 5.91 Å².